The minimum Gasteiger partial charge on any atom is -0.445 e. The van der Waals surface area contributed by atoms with E-state index in [4.69, 9.17) is 4.74 Å². The van der Waals surface area contributed by atoms with E-state index in [9.17, 15) is 14.0 Å². The molecule has 6 heteroatoms. The highest BCUT2D eigenvalue weighted by atomic mass is 19.1. The number of piperazine rings is 1. The van der Waals surface area contributed by atoms with Crippen LogP contribution >= 0.6 is 0 Å². The molecule has 2 fully saturated rings. The summed E-state index contributed by atoms with van der Waals surface area (Å²) in [6, 6.07) is 15.6. The smallest absolute Gasteiger partial charge is 0.410 e. The average molecular weight is 354 g/mol. The molecule has 2 unspecified atom stereocenters. The Balaban J connectivity index is 1.35. The molecular formula is C20H19FN2O3. The molecule has 1 heterocycles. The van der Waals surface area contributed by atoms with Gasteiger partial charge >= 0.3 is 6.09 Å². The van der Waals surface area contributed by atoms with Gasteiger partial charge in [-0.05, 0) is 29.7 Å². The zero-order valence-corrected chi connectivity index (χ0v) is 14.2. The van der Waals surface area contributed by atoms with Crippen molar-refractivity contribution in [3.63, 3.8) is 0 Å². The summed E-state index contributed by atoms with van der Waals surface area (Å²) in [7, 11) is 0. The molecule has 1 aliphatic heterocycles. The highest BCUT2D eigenvalue weighted by Crippen LogP contribution is 2.38. The van der Waals surface area contributed by atoms with Gasteiger partial charge in [-0.15, -0.1) is 0 Å². The van der Waals surface area contributed by atoms with Crippen LogP contribution in [-0.4, -0.2) is 40.4 Å². The lowest BCUT2D eigenvalue weighted by Gasteiger charge is -2.33. The summed E-state index contributed by atoms with van der Waals surface area (Å²) < 4.78 is 18.4. The number of carbonyl (C=O) groups is 2. The number of carbonyl (C=O) groups excluding carboxylic acids is 2. The lowest BCUT2D eigenvalue weighted by atomic mass is 10.2. The Kier molecular flexibility index (Phi) is 4.32. The van der Waals surface area contributed by atoms with Crippen molar-refractivity contribution in [2.45, 2.75) is 31.7 Å². The zero-order chi connectivity index (χ0) is 18.1. The zero-order valence-electron chi connectivity index (χ0n) is 14.2. The van der Waals surface area contributed by atoms with Crippen LogP contribution in [-0.2, 0) is 22.7 Å². The van der Waals surface area contributed by atoms with E-state index in [0.717, 1.165) is 17.5 Å². The lowest BCUT2D eigenvalue weighted by Crippen LogP contribution is -2.51. The minimum atomic E-state index is -0.448. The number of ether oxygens (including phenoxy) is 1. The Morgan fingerprint density at radius 2 is 1.77 bits per heavy atom. The quantitative estimate of drug-likeness (QED) is 0.848. The van der Waals surface area contributed by atoms with Crippen molar-refractivity contribution in [3.8, 4) is 0 Å². The Morgan fingerprint density at radius 1 is 1.04 bits per heavy atom. The Hall–Kier alpha value is -2.89. The highest BCUT2D eigenvalue weighted by molar-refractivity contribution is 5.85. The first-order valence-electron chi connectivity index (χ1n) is 8.63. The summed E-state index contributed by atoms with van der Waals surface area (Å²) in [6.07, 6.45) is 0.309. The fraction of sp³-hybridized carbons (Fsp3) is 0.300. The molecule has 2 aliphatic rings. The highest BCUT2D eigenvalue weighted by Gasteiger charge is 2.54. The van der Waals surface area contributed by atoms with E-state index in [-0.39, 0.29) is 37.0 Å². The van der Waals surface area contributed by atoms with Gasteiger partial charge in [-0.25, -0.2) is 9.18 Å². The van der Waals surface area contributed by atoms with Crippen molar-refractivity contribution in [3.05, 3.63) is 71.5 Å². The normalized spacial score (nSPS) is 21.3. The second-order valence-electron chi connectivity index (χ2n) is 6.69. The van der Waals surface area contributed by atoms with Gasteiger partial charge < -0.3 is 9.64 Å². The number of hydrogen-bond acceptors (Lipinski definition) is 3. The molecular weight excluding hydrogens is 335 g/mol. The monoisotopic (exact) mass is 354 g/mol. The van der Waals surface area contributed by atoms with Gasteiger partial charge in [0, 0.05) is 6.54 Å². The molecule has 2 amide bonds. The van der Waals surface area contributed by atoms with Gasteiger partial charge in [0.1, 0.15) is 19.0 Å². The Labute approximate surface area is 151 Å². The topological polar surface area (TPSA) is 49.9 Å². The fourth-order valence-electron chi connectivity index (χ4n) is 3.37. The first-order chi connectivity index (χ1) is 12.6. The molecule has 2 atom stereocenters. The van der Waals surface area contributed by atoms with E-state index in [0.29, 0.717) is 6.54 Å². The van der Waals surface area contributed by atoms with Crippen LogP contribution in [0.4, 0.5) is 9.18 Å². The molecule has 0 aromatic heterocycles. The molecule has 1 saturated heterocycles. The van der Waals surface area contributed by atoms with Crippen molar-refractivity contribution in [2.75, 3.05) is 6.54 Å². The van der Waals surface area contributed by atoms with E-state index < -0.39 is 6.09 Å². The van der Waals surface area contributed by atoms with E-state index >= 15 is 0 Å². The summed E-state index contributed by atoms with van der Waals surface area (Å²) >= 11 is 0. The maximum absolute atomic E-state index is 13.0. The van der Waals surface area contributed by atoms with Crippen molar-refractivity contribution in [2.24, 2.45) is 0 Å². The van der Waals surface area contributed by atoms with Crippen LogP contribution in [0.5, 0.6) is 0 Å². The van der Waals surface area contributed by atoms with E-state index in [2.05, 4.69) is 0 Å². The van der Waals surface area contributed by atoms with Gasteiger partial charge in [0.25, 0.3) is 0 Å². The van der Waals surface area contributed by atoms with Gasteiger partial charge in [-0.2, -0.15) is 0 Å². The van der Waals surface area contributed by atoms with Gasteiger partial charge in [0.2, 0.25) is 5.91 Å². The molecule has 0 radical (unpaired) electrons. The fourth-order valence-corrected chi connectivity index (χ4v) is 3.37. The maximum atomic E-state index is 13.0. The number of nitrogens with zero attached hydrogens (tertiary/aromatic N) is 2. The third-order valence-corrected chi connectivity index (χ3v) is 4.86. The third-order valence-electron chi connectivity index (χ3n) is 4.86. The van der Waals surface area contributed by atoms with Crippen LogP contribution in [0.25, 0.3) is 0 Å². The number of amides is 2. The standard InChI is InChI=1S/C20H19FN2O3/c21-16-8-6-14(7-9-16)11-22-17-10-18(17)23(12-19(22)24)20(25)26-13-15-4-2-1-3-5-15/h1-9,17-18H,10-13H2. The maximum Gasteiger partial charge on any atom is 0.410 e. The average Bonchev–Trinajstić information content (AvgIpc) is 3.45. The number of benzene rings is 2. The summed E-state index contributed by atoms with van der Waals surface area (Å²) in [4.78, 5) is 28.1. The molecule has 4 rings (SSSR count). The molecule has 0 bridgehead atoms. The third kappa shape index (κ3) is 3.40. The lowest BCUT2D eigenvalue weighted by molar-refractivity contribution is -0.136. The van der Waals surface area contributed by atoms with Crippen molar-refractivity contribution < 1.29 is 18.7 Å². The summed E-state index contributed by atoms with van der Waals surface area (Å²) in [5, 5.41) is 0. The van der Waals surface area contributed by atoms with Gasteiger partial charge in [-0.1, -0.05) is 42.5 Å². The number of halogens is 1. The Bertz CT molecular complexity index is 810. The predicted molar refractivity (Wildman–Crippen MR) is 92.5 cm³/mol. The van der Waals surface area contributed by atoms with Crippen molar-refractivity contribution >= 4 is 12.0 Å². The first kappa shape index (κ1) is 16.6. The van der Waals surface area contributed by atoms with Crippen LogP contribution in [0, 0.1) is 5.82 Å². The molecule has 2 aromatic carbocycles. The van der Waals surface area contributed by atoms with Crippen LogP contribution < -0.4 is 0 Å². The Morgan fingerprint density at radius 3 is 2.50 bits per heavy atom. The molecule has 26 heavy (non-hydrogen) atoms. The summed E-state index contributed by atoms with van der Waals surface area (Å²) in [5.41, 5.74) is 1.79. The first-order valence-corrected chi connectivity index (χ1v) is 8.63. The molecule has 2 aromatic rings. The largest absolute Gasteiger partial charge is 0.445 e. The molecule has 0 spiro atoms. The van der Waals surface area contributed by atoms with Crippen LogP contribution in [0.1, 0.15) is 17.5 Å². The van der Waals surface area contributed by atoms with Crippen molar-refractivity contribution in [1.29, 1.82) is 0 Å². The molecule has 5 nitrogen and oxygen atoms in total. The van der Waals surface area contributed by atoms with Gasteiger partial charge in [0.05, 0.1) is 12.1 Å². The van der Waals surface area contributed by atoms with Crippen LogP contribution in [0.15, 0.2) is 54.6 Å². The predicted octanol–water partition coefficient (Wildman–Crippen LogP) is 2.95. The van der Waals surface area contributed by atoms with E-state index in [1.54, 1.807) is 17.0 Å². The molecule has 0 N–H and O–H groups in total. The van der Waals surface area contributed by atoms with Crippen LogP contribution in [0.3, 0.4) is 0 Å². The number of rotatable bonds is 4. The second kappa shape index (κ2) is 6.78. The minimum absolute atomic E-state index is 0.0106. The SMILES string of the molecule is O=C1CN(C(=O)OCc2ccccc2)C2CC2N1Cc1ccc(F)cc1. The summed E-state index contributed by atoms with van der Waals surface area (Å²) in [6.45, 7) is 0.657. The number of fused-ring (bicyclic) bond motifs is 1. The second-order valence-corrected chi connectivity index (χ2v) is 6.69. The van der Waals surface area contributed by atoms with Gasteiger partial charge in [0.15, 0.2) is 0 Å². The van der Waals surface area contributed by atoms with E-state index in [1.165, 1.54) is 17.0 Å². The molecule has 1 aliphatic carbocycles. The van der Waals surface area contributed by atoms with E-state index in [1.807, 2.05) is 30.3 Å². The van der Waals surface area contributed by atoms with Crippen molar-refractivity contribution in [1.82, 2.24) is 9.80 Å². The molecule has 1 saturated carbocycles. The molecule has 134 valence electrons. The number of hydrogen-bond donors (Lipinski definition) is 0. The van der Waals surface area contributed by atoms with Gasteiger partial charge in [-0.3, -0.25) is 9.69 Å². The van der Waals surface area contributed by atoms with Crippen LogP contribution in [0.2, 0.25) is 0 Å². The summed E-state index contributed by atoms with van der Waals surface area (Å²) in [5.74, 6) is -0.403.